The molecule has 0 aliphatic rings. The Kier molecular flexibility index (Phi) is 3.93. The molecular weight excluding hydrogens is 240 g/mol. The van der Waals surface area contributed by atoms with Crippen LogP contribution in [-0.4, -0.2) is 12.0 Å². The highest BCUT2D eigenvalue weighted by atomic mass is 35.5. The van der Waals surface area contributed by atoms with E-state index >= 15 is 0 Å². The van der Waals surface area contributed by atoms with Gasteiger partial charge in [0.25, 0.3) is 0 Å². The van der Waals surface area contributed by atoms with Crippen LogP contribution in [0.5, 0.6) is 0 Å². The molecule has 0 saturated heterocycles. The van der Waals surface area contributed by atoms with Crippen molar-refractivity contribution >= 4 is 22.9 Å². The van der Waals surface area contributed by atoms with E-state index in [0.29, 0.717) is 0 Å². The maximum absolute atomic E-state index is 5.84. The lowest BCUT2D eigenvalue weighted by atomic mass is 10.2. The van der Waals surface area contributed by atoms with Crippen LogP contribution in [0, 0.1) is 0 Å². The van der Waals surface area contributed by atoms with Crippen LogP contribution in [0.2, 0.25) is 5.02 Å². The molecule has 84 valence electrons. The van der Waals surface area contributed by atoms with E-state index < -0.39 is 0 Å². The third-order valence-electron chi connectivity index (χ3n) is 2.23. The zero-order valence-electron chi connectivity index (χ0n) is 9.03. The number of hydrogen-bond donors (Lipinski definition) is 1. The van der Waals surface area contributed by atoms with Gasteiger partial charge in [0.1, 0.15) is 0 Å². The maximum atomic E-state index is 5.84. The van der Waals surface area contributed by atoms with Gasteiger partial charge in [0.15, 0.2) is 0 Å². The van der Waals surface area contributed by atoms with E-state index in [4.69, 9.17) is 11.6 Å². The number of aromatic nitrogens is 1. The second-order valence-electron chi connectivity index (χ2n) is 3.57. The third-order valence-corrected chi connectivity index (χ3v) is 3.38. The highest BCUT2D eigenvalue weighted by Gasteiger charge is 2.02. The maximum Gasteiger partial charge on any atom is 0.0972 e. The Morgan fingerprint density at radius 1 is 1.31 bits per heavy atom. The van der Waals surface area contributed by atoms with Crippen LogP contribution < -0.4 is 5.32 Å². The lowest BCUT2D eigenvalue weighted by molar-refractivity contribution is 0.793. The number of thiazole rings is 1. The molecule has 0 unspecified atom stereocenters. The van der Waals surface area contributed by atoms with Crippen LogP contribution in [0.25, 0.3) is 0 Å². The van der Waals surface area contributed by atoms with Gasteiger partial charge in [0.2, 0.25) is 0 Å². The Balaban J connectivity index is 2.05. The third kappa shape index (κ3) is 3.04. The molecule has 2 aromatic rings. The second kappa shape index (κ2) is 5.43. The van der Waals surface area contributed by atoms with E-state index in [9.17, 15) is 0 Å². The van der Waals surface area contributed by atoms with E-state index in [0.717, 1.165) is 28.7 Å². The summed E-state index contributed by atoms with van der Waals surface area (Å²) < 4.78 is 0. The number of nitrogens with zero attached hydrogens (tertiary/aromatic N) is 1. The summed E-state index contributed by atoms with van der Waals surface area (Å²) in [6, 6.07) is 7.92. The molecule has 0 bridgehead atoms. The molecular formula is C12H13ClN2S. The zero-order chi connectivity index (χ0) is 11.4. The zero-order valence-corrected chi connectivity index (χ0v) is 10.6. The van der Waals surface area contributed by atoms with Crippen molar-refractivity contribution in [1.82, 2.24) is 10.3 Å². The number of nitrogens with one attached hydrogen (secondary N) is 1. The van der Waals surface area contributed by atoms with Gasteiger partial charge in [0, 0.05) is 23.4 Å². The highest BCUT2D eigenvalue weighted by molar-refractivity contribution is 7.09. The molecule has 0 aliphatic carbocycles. The molecule has 0 spiro atoms. The Hall–Kier alpha value is -0.900. The van der Waals surface area contributed by atoms with E-state index in [1.807, 2.05) is 31.3 Å². The Bertz CT molecular complexity index is 450. The average Bonchev–Trinajstić information content (AvgIpc) is 2.70. The Morgan fingerprint density at radius 3 is 2.75 bits per heavy atom. The van der Waals surface area contributed by atoms with E-state index in [1.54, 1.807) is 11.3 Å². The number of rotatable bonds is 4. The van der Waals surface area contributed by atoms with Gasteiger partial charge in [0.05, 0.1) is 10.7 Å². The van der Waals surface area contributed by atoms with Crippen molar-refractivity contribution in [3.63, 3.8) is 0 Å². The molecule has 0 atom stereocenters. The summed E-state index contributed by atoms with van der Waals surface area (Å²) in [5.74, 6) is 0. The molecule has 4 heteroatoms. The summed E-state index contributed by atoms with van der Waals surface area (Å²) in [6.45, 7) is 0.830. The van der Waals surface area contributed by atoms with Crippen LogP contribution in [0.1, 0.15) is 16.3 Å². The topological polar surface area (TPSA) is 24.9 Å². The minimum absolute atomic E-state index is 0.777. The fourth-order valence-corrected chi connectivity index (χ4v) is 2.42. The first-order valence-corrected chi connectivity index (χ1v) is 6.36. The predicted molar refractivity (Wildman–Crippen MR) is 69.1 cm³/mol. The van der Waals surface area contributed by atoms with Gasteiger partial charge in [-0.25, -0.2) is 4.98 Å². The summed E-state index contributed by atoms with van der Waals surface area (Å²) in [6.07, 6.45) is 0.881. The van der Waals surface area contributed by atoms with Gasteiger partial charge in [-0.3, -0.25) is 0 Å². The van der Waals surface area contributed by atoms with Crippen LogP contribution in [0.15, 0.2) is 29.6 Å². The second-order valence-corrected chi connectivity index (χ2v) is 4.95. The molecule has 1 N–H and O–H groups in total. The van der Waals surface area contributed by atoms with Crippen molar-refractivity contribution in [2.45, 2.75) is 13.0 Å². The van der Waals surface area contributed by atoms with Crippen molar-refractivity contribution in [3.8, 4) is 0 Å². The molecule has 2 rings (SSSR count). The smallest absolute Gasteiger partial charge is 0.0972 e. The summed E-state index contributed by atoms with van der Waals surface area (Å²) in [4.78, 5) is 4.54. The predicted octanol–water partition coefficient (Wildman–Crippen LogP) is 3.11. The largest absolute Gasteiger partial charge is 0.314 e. The molecule has 0 amide bonds. The molecule has 1 aromatic heterocycles. The summed E-state index contributed by atoms with van der Waals surface area (Å²) in [7, 11) is 1.93. The van der Waals surface area contributed by atoms with Gasteiger partial charge < -0.3 is 5.32 Å². The van der Waals surface area contributed by atoms with E-state index in [2.05, 4.69) is 15.7 Å². The summed E-state index contributed by atoms with van der Waals surface area (Å²) in [5.41, 5.74) is 2.35. The quantitative estimate of drug-likeness (QED) is 0.905. The standard InChI is InChI=1S/C12H13ClN2S/c1-14-7-11-8-16-12(15-11)6-9-2-4-10(13)5-3-9/h2-5,8,14H,6-7H2,1H3. The summed E-state index contributed by atoms with van der Waals surface area (Å²) in [5, 5.41) is 7.12. The monoisotopic (exact) mass is 252 g/mol. The van der Waals surface area contributed by atoms with Crippen LogP contribution in [0.3, 0.4) is 0 Å². The van der Waals surface area contributed by atoms with E-state index in [1.165, 1.54) is 5.56 Å². The Labute approximate surface area is 104 Å². The molecule has 0 radical (unpaired) electrons. The number of hydrogen-bond acceptors (Lipinski definition) is 3. The van der Waals surface area contributed by atoms with Crippen molar-refractivity contribution in [3.05, 3.63) is 50.9 Å². The van der Waals surface area contributed by atoms with Crippen LogP contribution >= 0.6 is 22.9 Å². The van der Waals surface area contributed by atoms with Crippen molar-refractivity contribution in [1.29, 1.82) is 0 Å². The van der Waals surface area contributed by atoms with Gasteiger partial charge in [-0.05, 0) is 24.7 Å². The van der Waals surface area contributed by atoms with E-state index in [-0.39, 0.29) is 0 Å². The first kappa shape index (κ1) is 11.6. The van der Waals surface area contributed by atoms with Gasteiger partial charge >= 0.3 is 0 Å². The molecule has 1 heterocycles. The molecule has 0 aliphatic heterocycles. The van der Waals surface area contributed by atoms with Gasteiger partial charge in [-0.2, -0.15) is 0 Å². The molecule has 0 saturated carbocycles. The van der Waals surface area contributed by atoms with Crippen molar-refractivity contribution in [2.24, 2.45) is 0 Å². The molecule has 1 aromatic carbocycles. The summed E-state index contributed by atoms with van der Waals surface area (Å²) >= 11 is 7.54. The highest BCUT2D eigenvalue weighted by Crippen LogP contribution is 2.16. The Morgan fingerprint density at radius 2 is 2.06 bits per heavy atom. The number of halogens is 1. The fourth-order valence-electron chi connectivity index (χ4n) is 1.47. The van der Waals surface area contributed by atoms with Gasteiger partial charge in [-0.15, -0.1) is 11.3 Å². The lowest BCUT2D eigenvalue weighted by Gasteiger charge is -1.98. The van der Waals surface area contributed by atoms with Crippen molar-refractivity contribution in [2.75, 3.05) is 7.05 Å². The van der Waals surface area contributed by atoms with Crippen LogP contribution in [-0.2, 0) is 13.0 Å². The lowest BCUT2D eigenvalue weighted by Crippen LogP contribution is -2.05. The van der Waals surface area contributed by atoms with Gasteiger partial charge in [-0.1, -0.05) is 23.7 Å². The molecule has 2 nitrogen and oxygen atoms in total. The minimum Gasteiger partial charge on any atom is -0.314 e. The number of benzene rings is 1. The van der Waals surface area contributed by atoms with Crippen LogP contribution in [0.4, 0.5) is 0 Å². The fraction of sp³-hybridized carbons (Fsp3) is 0.250. The normalized spacial score (nSPS) is 10.6. The minimum atomic E-state index is 0.777. The molecule has 16 heavy (non-hydrogen) atoms. The first-order valence-electron chi connectivity index (χ1n) is 5.10. The van der Waals surface area contributed by atoms with Crippen molar-refractivity contribution < 1.29 is 0 Å². The first-order chi connectivity index (χ1) is 7.78. The molecule has 0 fully saturated rings. The average molecular weight is 253 g/mol. The SMILES string of the molecule is CNCc1csc(Cc2ccc(Cl)cc2)n1.